The van der Waals surface area contributed by atoms with Crippen LogP contribution < -0.4 is 4.90 Å². The second-order valence-electron chi connectivity index (χ2n) is 8.34. The highest BCUT2D eigenvalue weighted by Crippen LogP contribution is 2.36. The summed E-state index contributed by atoms with van der Waals surface area (Å²) in [6.45, 7) is 3.58. The van der Waals surface area contributed by atoms with Crippen LogP contribution in [0.15, 0.2) is 42.5 Å². The molecule has 0 spiro atoms. The van der Waals surface area contributed by atoms with Crippen molar-refractivity contribution in [3.63, 3.8) is 0 Å². The minimum absolute atomic E-state index is 0.420. The van der Waals surface area contributed by atoms with Crippen molar-refractivity contribution in [1.82, 2.24) is 0 Å². The molecule has 4 rings (SSSR count). The molecule has 2 aliphatic rings. The molecule has 162 valence electrons. The molecule has 0 aromatic heterocycles. The summed E-state index contributed by atoms with van der Waals surface area (Å²) in [5.41, 5.74) is 5.74. The van der Waals surface area contributed by atoms with Gasteiger partial charge in [0.05, 0.1) is 6.61 Å². The second-order valence-corrected chi connectivity index (χ2v) is 8.34. The van der Waals surface area contributed by atoms with Crippen LogP contribution in [0.3, 0.4) is 0 Å². The number of aliphatic hydroxyl groups is 4. The maximum atomic E-state index is 10.4. The summed E-state index contributed by atoms with van der Waals surface area (Å²) in [6, 6.07) is 14.7. The van der Waals surface area contributed by atoms with Gasteiger partial charge in [-0.3, -0.25) is 0 Å². The number of nitrogens with zero attached hydrogens (tertiary/aromatic N) is 1. The van der Waals surface area contributed by atoms with E-state index in [0.717, 1.165) is 37.9 Å². The summed E-state index contributed by atoms with van der Waals surface area (Å²) < 4.78 is 5.73. The summed E-state index contributed by atoms with van der Waals surface area (Å²) >= 11 is 0. The molecule has 0 unspecified atom stereocenters. The number of rotatable bonds is 5. The highest BCUT2D eigenvalue weighted by atomic mass is 16.5. The van der Waals surface area contributed by atoms with Gasteiger partial charge < -0.3 is 30.1 Å². The number of fused-ring (bicyclic) bond motifs is 1. The molecule has 2 aromatic rings. The van der Waals surface area contributed by atoms with E-state index in [2.05, 4.69) is 42.2 Å². The Bertz CT molecular complexity index is 870. The van der Waals surface area contributed by atoms with E-state index in [-0.39, 0.29) is 0 Å². The average Bonchev–Trinajstić information content (AvgIpc) is 2.78. The molecule has 2 aliphatic heterocycles. The molecular formula is C24H31NO5. The van der Waals surface area contributed by atoms with Crippen molar-refractivity contribution < 1.29 is 25.2 Å². The normalized spacial score (nSPS) is 29.0. The zero-order chi connectivity index (χ0) is 21.3. The third-order valence-electron chi connectivity index (χ3n) is 6.31. The molecule has 6 nitrogen and oxygen atoms in total. The molecule has 0 bridgehead atoms. The van der Waals surface area contributed by atoms with E-state index in [9.17, 15) is 20.4 Å². The van der Waals surface area contributed by atoms with E-state index in [1.807, 2.05) is 12.1 Å². The fourth-order valence-electron chi connectivity index (χ4n) is 4.58. The summed E-state index contributed by atoms with van der Waals surface area (Å²) in [7, 11) is 0. The van der Waals surface area contributed by atoms with Crippen LogP contribution in [0.5, 0.6) is 0 Å². The van der Waals surface area contributed by atoms with E-state index >= 15 is 0 Å². The monoisotopic (exact) mass is 413 g/mol. The Balaban J connectivity index is 1.57. The highest BCUT2D eigenvalue weighted by Gasteiger charge is 2.44. The van der Waals surface area contributed by atoms with Crippen LogP contribution in [0.2, 0.25) is 0 Å². The van der Waals surface area contributed by atoms with Gasteiger partial charge in [0.15, 0.2) is 0 Å². The van der Waals surface area contributed by atoms with E-state index in [1.54, 1.807) is 0 Å². The quantitative estimate of drug-likeness (QED) is 0.597. The molecule has 0 saturated carbocycles. The van der Waals surface area contributed by atoms with Gasteiger partial charge in [-0.05, 0) is 47.6 Å². The zero-order valence-electron chi connectivity index (χ0n) is 17.3. The first-order chi connectivity index (χ1) is 14.5. The van der Waals surface area contributed by atoms with Crippen molar-refractivity contribution in [2.45, 2.75) is 63.3 Å². The SMILES string of the molecule is CCc1cccc(CN2CCCc3cc([C@@H]4O[C@H](CO)[C@@H](O)[C@H](O)[C@H]4O)ccc32)c1. The Labute approximate surface area is 177 Å². The smallest absolute Gasteiger partial charge is 0.113 e. The first kappa shape index (κ1) is 21.3. The Morgan fingerprint density at radius 1 is 1.00 bits per heavy atom. The molecule has 0 aliphatic carbocycles. The lowest BCUT2D eigenvalue weighted by Gasteiger charge is -2.40. The molecule has 30 heavy (non-hydrogen) atoms. The minimum Gasteiger partial charge on any atom is -0.394 e. The summed E-state index contributed by atoms with van der Waals surface area (Å²) in [4.78, 5) is 2.38. The lowest BCUT2D eigenvalue weighted by molar-refractivity contribution is -0.231. The highest BCUT2D eigenvalue weighted by molar-refractivity contribution is 5.57. The summed E-state index contributed by atoms with van der Waals surface area (Å²) in [6.07, 6.45) is -2.64. The molecule has 6 heteroatoms. The van der Waals surface area contributed by atoms with Crippen molar-refractivity contribution in [1.29, 1.82) is 0 Å². The van der Waals surface area contributed by atoms with Crippen molar-refractivity contribution >= 4 is 5.69 Å². The van der Waals surface area contributed by atoms with Gasteiger partial charge in [0.1, 0.15) is 30.5 Å². The van der Waals surface area contributed by atoms with Crippen LogP contribution in [0.25, 0.3) is 0 Å². The molecule has 2 heterocycles. The van der Waals surface area contributed by atoms with Gasteiger partial charge in [-0.1, -0.05) is 43.3 Å². The van der Waals surface area contributed by atoms with E-state index in [1.165, 1.54) is 22.4 Å². The summed E-state index contributed by atoms with van der Waals surface area (Å²) in [5.74, 6) is 0. The third-order valence-corrected chi connectivity index (χ3v) is 6.31. The van der Waals surface area contributed by atoms with Crippen LogP contribution in [0, 0.1) is 0 Å². The van der Waals surface area contributed by atoms with E-state index in [0.29, 0.717) is 0 Å². The molecule has 0 amide bonds. The van der Waals surface area contributed by atoms with Crippen LogP contribution in [-0.2, 0) is 24.1 Å². The fraction of sp³-hybridized carbons (Fsp3) is 0.500. The van der Waals surface area contributed by atoms with E-state index < -0.39 is 37.1 Å². The topological polar surface area (TPSA) is 93.4 Å². The predicted molar refractivity (Wildman–Crippen MR) is 114 cm³/mol. The van der Waals surface area contributed by atoms with Crippen LogP contribution in [0.4, 0.5) is 5.69 Å². The standard InChI is InChI=1S/C24H31NO5/c1-2-15-5-3-6-16(11-15)13-25-10-4-7-17-12-18(8-9-19(17)25)24-23(29)22(28)21(27)20(14-26)30-24/h3,5-6,8-9,11-12,20-24,26-29H,2,4,7,10,13-14H2,1H3/t20-,21-,22+,23-,24+/m1/s1. The Hall–Kier alpha value is -1.96. The fourth-order valence-corrected chi connectivity index (χ4v) is 4.58. The maximum absolute atomic E-state index is 10.4. The average molecular weight is 414 g/mol. The Morgan fingerprint density at radius 3 is 2.57 bits per heavy atom. The van der Waals surface area contributed by atoms with Gasteiger partial charge in [0.2, 0.25) is 0 Å². The van der Waals surface area contributed by atoms with Gasteiger partial charge in [0, 0.05) is 18.8 Å². The first-order valence-corrected chi connectivity index (χ1v) is 10.8. The molecule has 1 saturated heterocycles. The lowest BCUT2D eigenvalue weighted by Crippen LogP contribution is -2.55. The van der Waals surface area contributed by atoms with Crippen LogP contribution in [-0.4, -0.2) is 58.0 Å². The van der Waals surface area contributed by atoms with Crippen molar-refractivity contribution in [3.05, 3.63) is 64.7 Å². The minimum atomic E-state index is -1.36. The van der Waals surface area contributed by atoms with Gasteiger partial charge in [0.25, 0.3) is 0 Å². The predicted octanol–water partition coefficient (Wildman–Crippen LogP) is 1.72. The van der Waals surface area contributed by atoms with Crippen molar-refractivity contribution in [2.75, 3.05) is 18.1 Å². The van der Waals surface area contributed by atoms with Gasteiger partial charge in [-0.15, -0.1) is 0 Å². The molecular weight excluding hydrogens is 382 g/mol. The second kappa shape index (κ2) is 9.04. The number of aryl methyl sites for hydroxylation is 2. The van der Waals surface area contributed by atoms with Crippen LogP contribution in [0.1, 0.15) is 41.7 Å². The number of aliphatic hydroxyl groups excluding tert-OH is 4. The number of hydrogen-bond acceptors (Lipinski definition) is 6. The largest absolute Gasteiger partial charge is 0.394 e. The number of ether oxygens (including phenoxy) is 1. The van der Waals surface area contributed by atoms with Crippen molar-refractivity contribution in [3.8, 4) is 0 Å². The zero-order valence-corrected chi connectivity index (χ0v) is 17.3. The number of benzene rings is 2. The third kappa shape index (κ3) is 4.11. The first-order valence-electron chi connectivity index (χ1n) is 10.8. The molecule has 1 fully saturated rings. The van der Waals surface area contributed by atoms with Gasteiger partial charge in [-0.25, -0.2) is 0 Å². The molecule has 5 atom stereocenters. The molecule has 0 radical (unpaired) electrons. The lowest BCUT2D eigenvalue weighted by atomic mass is 9.89. The van der Waals surface area contributed by atoms with Crippen molar-refractivity contribution in [2.24, 2.45) is 0 Å². The van der Waals surface area contributed by atoms with Crippen LogP contribution >= 0.6 is 0 Å². The molecule has 2 aromatic carbocycles. The number of anilines is 1. The Kier molecular flexibility index (Phi) is 6.41. The molecule has 4 N–H and O–H groups in total. The summed E-state index contributed by atoms with van der Waals surface area (Å²) in [5, 5.41) is 40.0. The Morgan fingerprint density at radius 2 is 1.80 bits per heavy atom. The van der Waals surface area contributed by atoms with E-state index in [4.69, 9.17) is 4.74 Å². The van der Waals surface area contributed by atoms with Gasteiger partial charge >= 0.3 is 0 Å². The number of hydrogen-bond donors (Lipinski definition) is 4. The maximum Gasteiger partial charge on any atom is 0.113 e. The van der Waals surface area contributed by atoms with Gasteiger partial charge in [-0.2, -0.15) is 0 Å².